The summed E-state index contributed by atoms with van der Waals surface area (Å²) in [5.41, 5.74) is 9.20. The predicted molar refractivity (Wildman–Crippen MR) is 108 cm³/mol. The molecule has 8 heteroatoms. The zero-order chi connectivity index (χ0) is 20.4. The fourth-order valence-electron chi connectivity index (χ4n) is 3.62. The summed E-state index contributed by atoms with van der Waals surface area (Å²) < 4.78 is 8.57. The van der Waals surface area contributed by atoms with Gasteiger partial charge in [0.2, 0.25) is 0 Å². The first kappa shape index (κ1) is 18.9. The van der Waals surface area contributed by atoms with Crippen LogP contribution in [0.2, 0.25) is 0 Å². The molecule has 2 aromatic carbocycles. The van der Waals surface area contributed by atoms with Gasteiger partial charge in [-0.15, -0.1) is 0 Å². The van der Waals surface area contributed by atoms with Crippen molar-refractivity contribution in [3.05, 3.63) is 75.5 Å². The minimum atomic E-state index is -0.233. The second-order valence-corrected chi connectivity index (χ2v) is 7.02. The Balaban J connectivity index is 1.68. The lowest BCUT2D eigenvalue weighted by Gasteiger charge is -2.14. The molecule has 2 N–H and O–H groups in total. The highest BCUT2D eigenvalue weighted by molar-refractivity contribution is 5.46. The van der Waals surface area contributed by atoms with E-state index >= 15 is 0 Å². The SMILES string of the molecule is COc1cc(-n2nc(C)n(Cc3cccc(C#N)c3)c2=O)ccc1C1CNNC1. The molecule has 148 valence electrons. The number of methoxy groups -OCH3 is 1. The molecule has 1 fully saturated rings. The largest absolute Gasteiger partial charge is 0.496 e. The van der Waals surface area contributed by atoms with E-state index in [1.807, 2.05) is 30.3 Å². The van der Waals surface area contributed by atoms with E-state index in [9.17, 15) is 4.79 Å². The van der Waals surface area contributed by atoms with Gasteiger partial charge in [0, 0.05) is 25.1 Å². The summed E-state index contributed by atoms with van der Waals surface area (Å²) in [5.74, 6) is 1.64. The number of nitriles is 1. The number of nitrogens with zero attached hydrogens (tertiary/aromatic N) is 4. The summed E-state index contributed by atoms with van der Waals surface area (Å²) in [4.78, 5) is 13.0. The molecule has 0 bridgehead atoms. The Morgan fingerprint density at radius 1 is 1.24 bits per heavy atom. The van der Waals surface area contributed by atoms with Gasteiger partial charge in [0.1, 0.15) is 11.6 Å². The molecule has 0 atom stereocenters. The molecule has 3 aromatic rings. The number of nitrogens with one attached hydrogen (secondary N) is 2. The van der Waals surface area contributed by atoms with E-state index < -0.39 is 0 Å². The van der Waals surface area contributed by atoms with Crippen LogP contribution in [0.4, 0.5) is 0 Å². The van der Waals surface area contributed by atoms with Crippen LogP contribution in [-0.2, 0) is 6.54 Å². The first-order chi connectivity index (χ1) is 14.1. The number of rotatable bonds is 5. The second kappa shape index (κ2) is 7.91. The quantitative estimate of drug-likeness (QED) is 0.685. The molecule has 0 saturated carbocycles. The third-order valence-corrected chi connectivity index (χ3v) is 5.17. The third kappa shape index (κ3) is 3.66. The van der Waals surface area contributed by atoms with Gasteiger partial charge in [-0.2, -0.15) is 15.0 Å². The molecule has 1 saturated heterocycles. The van der Waals surface area contributed by atoms with Crippen molar-refractivity contribution < 1.29 is 4.74 Å². The number of aryl methyl sites for hydroxylation is 1. The summed E-state index contributed by atoms with van der Waals surface area (Å²) in [6, 6.07) is 15.1. The van der Waals surface area contributed by atoms with Crippen molar-refractivity contribution in [2.24, 2.45) is 0 Å². The van der Waals surface area contributed by atoms with Crippen LogP contribution in [0.1, 0.15) is 28.4 Å². The normalized spacial score (nSPS) is 14.1. The zero-order valence-electron chi connectivity index (χ0n) is 16.3. The highest BCUT2D eigenvalue weighted by atomic mass is 16.5. The Kier molecular flexibility index (Phi) is 5.16. The molecule has 29 heavy (non-hydrogen) atoms. The molecule has 4 rings (SSSR count). The lowest BCUT2D eigenvalue weighted by molar-refractivity contribution is 0.406. The fraction of sp³-hybridized carbons (Fsp3) is 0.286. The van der Waals surface area contributed by atoms with Crippen LogP contribution in [0.25, 0.3) is 5.69 Å². The summed E-state index contributed by atoms with van der Waals surface area (Å²) in [6.07, 6.45) is 0. The van der Waals surface area contributed by atoms with Crippen LogP contribution < -0.4 is 21.3 Å². The van der Waals surface area contributed by atoms with Gasteiger partial charge in [-0.25, -0.2) is 4.79 Å². The molecule has 0 radical (unpaired) electrons. The van der Waals surface area contributed by atoms with E-state index in [0.717, 1.165) is 30.0 Å². The van der Waals surface area contributed by atoms with Gasteiger partial charge in [0.05, 0.1) is 31.0 Å². The monoisotopic (exact) mass is 390 g/mol. The van der Waals surface area contributed by atoms with Crippen molar-refractivity contribution in [2.45, 2.75) is 19.4 Å². The molecule has 0 amide bonds. The zero-order valence-corrected chi connectivity index (χ0v) is 16.3. The molecule has 0 aliphatic carbocycles. The first-order valence-corrected chi connectivity index (χ1v) is 9.40. The lowest BCUT2D eigenvalue weighted by atomic mass is 9.99. The third-order valence-electron chi connectivity index (χ3n) is 5.17. The molecule has 8 nitrogen and oxygen atoms in total. The van der Waals surface area contributed by atoms with Crippen molar-refractivity contribution in [1.29, 1.82) is 5.26 Å². The summed E-state index contributed by atoms with van der Waals surface area (Å²) in [7, 11) is 1.63. The van der Waals surface area contributed by atoms with Gasteiger partial charge in [-0.1, -0.05) is 18.2 Å². The standard InChI is InChI=1S/C21H22N6O2/c1-14-25-27(21(28)26(14)13-16-5-3-4-15(8-16)10-22)18-6-7-19(20(9-18)29-2)17-11-23-24-12-17/h3-9,17,23-24H,11-13H2,1-2H3. The van der Waals surface area contributed by atoms with E-state index in [1.54, 1.807) is 30.7 Å². The number of hydrazine groups is 1. The number of benzene rings is 2. The first-order valence-electron chi connectivity index (χ1n) is 9.40. The Labute approximate surface area is 168 Å². The number of ether oxygens (including phenoxy) is 1. The fourth-order valence-corrected chi connectivity index (χ4v) is 3.62. The van der Waals surface area contributed by atoms with Crippen LogP contribution >= 0.6 is 0 Å². The minimum absolute atomic E-state index is 0.233. The van der Waals surface area contributed by atoms with Gasteiger partial charge < -0.3 is 4.74 Å². The predicted octanol–water partition coefficient (Wildman–Crippen LogP) is 1.46. The highest BCUT2D eigenvalue weighted by Crippen LogP contribution is 2.29. The van der Waals surface area contributed by atoms with E-state index in [-0.39, 0.29) is 5.69 Å². The molecule has 0 unspecified atom stereocenters. The molecular weight excluding hydrogens is 368 g/mol. The number of hydrogen-bond donors (Lipinski definition) is 2. The van der Waals surface area contributed by atoms with Crippen molar-refractivity contribution in [2.75, 3.05) is 20.2 Å². The Hall–Kier alpha value is -3.41. The van der Waals surface area contributed by atoms with Gasteiger partial charge >= 0.3 is 5.69 Å². The maximum atomic E-state index is 13.0. The van der Waals surface area contributed by atoms with Crippen molar-refractivity contribution >= 4 is 0 Å². The summed E-state index contributed by atoms with van der Waals surface area (Å²) >= 11 is 0. The highest BCUT2D eigenvalue weighted by Gasteiger charge is 2.21. The average Bonchev–Trinajstić information content (AvgIpc) is 3.38. The average molecular weight is 390 g/mol. The molecular formula is C21H22N6O2. The molecule has 2 heterocycles. The van der Waals surface area contributed by atoms with Crippen molar-refractivity contribution in [3.8, 4) is 17.5 Å². The maximum Gasteiger partial charge on any atom is 0.351 e. The number of aromatic nitrogens is 3. The van der Waals surface area contributed by atoms with E-state index in [1.165, 1.54) is 4.68 Å². The minimum Gasteiger partial charge on any atom is -0.496 e. The topological polar surface area (TPSA) is 96.9 Å². The van der Waals surface area contributed by atoms with Gasteiger partial charge in [0.15, 0.2) is 0 Å². The van der Waals surface area contributed by atoms with Gasteiger partial charge in [-0.3, -0.25) is 15.4 Å². The van der Waals surface area contributed by atoms with Crippen LogP contribution in [0.3, 0.4) is 0 Å². The Morgan fingerprint density at radius 3 is 2.76 bits per heavy atom. The summed E-state index contributed by atoms with van der Waals surface area (Å²) in [6.45, 7) is 3.80. The van der Waals surface area contributed by atoms with Crippen LogP contribution in [0, 0.1) is 18.3 Å². The second-order valence-electron chi connectivity index (χ2n) is 7.02. The van der Waals surface area contributed by atoms with E-state index in [2.05, 4.69) is 22.0 Å². The summed E-state index contributed by atoms with van der Waals surface area (Å²) in [5, 5.41) is 13.5. The van der Waals surface area contributed by atoms with Crippen LogP contribution in [0.5, 0.6) is 5.75 Å². The Morgan fingerprint density at radius 2 is 2.03 bits per heavy atom. The molecule has 0 spiro atoms. The maximum absolute atomic E-state index is 13.0. The van der Waals surface area contributed by atoms with Gasteiger partial charge in [-0.05, 0) is 36.2 Å². The Bertz CT molecular complexity index is 1130. The van der Waals surface area contributed by atoms with Crippen molar-refractivity contribution in [1.82, 2.24) is 25.2 Å². The molecule has 1 aliphatic heterocycles. The van der Waals surface area contributed by atoms with Crippen molar-refractivity contribution in [3.63, 3.8) is 0 Å². The van der Waals surface area contributed by atoms with Gasteiger partial charge in [0.25, 0.3) is 0 Å². The van der Waals surface area contributed by atoms with Crippen LogP contribution in [0.15, 0.2) is 47.3 Å². The number of hydrogen-bond acceptors (Lipinski definition) is 6. The van der Waals surface area contributed by atoms with E-state index in [0.29, 0.717) is 29.5 Å². The smallest absolute Gasteiger partial charge is 0.351 e. The van der Waals surface area contributed by atoms with Crippen LogP contribution in [-0.4, -0.2) is 34.5 Å². The molecule has 1 aliphatic rings. The molecule has 1 aromatic heterocycles. The van der Waals surface area contributed by atoms with E-state index in [4.69, 9.17) is 10.00 Å². The lowest BCUT2D eigenvalue weighted by Crippen LogP contribution is -2.24.